The number of ether oxygens (including phenoxy) is 2. The number of nitrogens with one attached hydrogen (secondary N) is 1. The molecule has 3 heterocycles. The maximum Gasteiger partial charge on any atom is 0.325 e. The lowest BCUT2D eigenvalue weighted by Gasteiger charge is -2.38. The van der Waals surface area contributed by atoms with Crippen LogP contribution in [0.5, 0.6) is 5.75 Å². The van der Waals surface area contributed by atoms with Crippen molar-refractivity contribution in [2.45, 2.75) is 37.3 Å². The molecule has 150 valence electrons. The van der Waals surface area contributed by atoms with Crippen molar-refractivity contribution in [3.8, 4) is 5.75 Å². The standard InChI is InChI=1S/C20H25N3O5/c24-17(16-7-4-13-28-16)22-10-8-20(9-11-22)18(25)23(19(26)21-20)12-14-27-15-5-2-1-3-6-15/h1-3,5-6,16H,4,7-14H2,(H,21,26)/t16-/m1/s1. The number of nitrogens with zero attached hydrogens (tertiary/aromatic N) is 2. The summed E-state index contributed by atoms with van der Waals surface area (Å²) in [5, 5.41) is 2.86. The van der Waals surface area contributed by atoms with Crippen LogP contribution in [0.1, 0.15) is 25.7 Å². The van der Waals surface area contributed by atoms with Crippen molar-refractivity contribution in [1.82, 2.24) is 15.1 Å². The monoisotopic (exact) mass is 387 g/mol. The minimum atomic E-state index is -0.906. The minimum absolute atomic E-state index is 0.00256. The Hall–Kier alpha value is -2.61. The van der Waals surface area contributed by atoms with E-state index in [9.17, 15) is 14.4 Å². The van der Waals surface area contributed by atoms with Gasteiger partial charge in [-0.3, -0.25) is 14.5 Å². The lowest BCUT2D eigenvalue weighted by molar-refractivity contribution is -0.145. The molecule has 1 N–H and O–H groups in total. The summed E-state index contributed by atoms with van der Waals surface area (Å²) >= 11 is 0. The van der Waals surface area contributed by atoms with E-state index in [2.05, 4.69) is 5.32 Å². The Balaban J connectivity index is 1.31. The minimum Gasteiger partial charge on any atom is -0.492 e. The molecule has 3 saturated heterocycles. The first kappa shape index (κ1) is 18.7. The number of benzene rings is 1. The molecule has 8 nitrogen and oxygen atoms in total. The number of hydrogen-bond donors (Lipinski definition) is 1. The fraction of sp³-hybridized carbons (Fsp3) is 0.550. The molecule has 1 aromatic carbocycles. The summed E-state index contributed by atoms with van der Waals surface area (Å²) in [4.78, 5) is 40.8. The lowest BCUT2D eigenvalue weighted by Crippen LogP contribution is -2.57. The molecule has 0 saturated carbocycles. The van der Waals surface area contributed by atoms with Crippen LogP contribution in [0.25, 0.3) is 0 Å². The Kier molecular flexibility index (Phi) is 5.21. The second-order valence-corrected chi connectivity index (χ2v) is 7.46. The smallest absolute Gasteiger partial charge is 0.325 e. The van der Waals surface area contributed by atoms with Crippen LogP contribution in [0, 0.1) is 0 Å². The van der Waals surface area contributed by atoms with Gasteiger partial charge in [0.2, 0.25) is 0 Å². The number of urea groups is 1. The number of imide groups is 1. The van der Waals surface area contributed by atoms with E-state index in [0.29, 0.717) is 38.3 Å². The number of rotatable bonds is 5. The highest BCUT2D eigenvalue weighted by Crippen LogP contribution is 2.30. The highest BCUT2D eigenvalue weighted by Gasteiger charge is 2.52. The van der Waals surface area contributed by atoms with Crippen molar-refractivity contribution in [2.24, 2.45) is 0 Å². The molecule has 0 aliphatic carbocycles. The summed E-state index contributed by atoms with van der Waals surface area (Å²) in [6.07, 6.45) is 2.15. The van der Waals surface area contributed by atoms with Crippen LogP contribution < -0.4 is 10.1 Å². The van der Waals surface area contributed by atoms with E-state index in [4.69, 9.17) is 9.47 Å². The third kappa shape index (κ3) is 3.56. The van der Waals surface area contributed by atoms with Gasteiger partial charge in [0, 0.05) is 19.7 Å². The van der Waals surface area contributed by atoms with Crippen LogP contribution >= 0.6 is 0 Å². The van der Waals surface area contributed by atoms with E-state index in [1.165, 1.54) is 4.90 Å². The van der Waals surface area contributed by atoms with Crippen molar-refractivity contribution < 1.29 is 23.9 Å². The Bertz CT molecular complexity index is 739. The Morgan fingerprint density at radius 3 is 2.64 bits per heavy atom. The van der Waals surface area contributed by atoms with Crippen molar-refractivity contribution in [1.29, 1.82) is 0 Å². The molecular formula is C20H25N3O5. The molecule has 0 aromatic heterocycles. The quantitative estimate of drug-likeness (QED) is 0.766. The van der Waals surface area contributed by atoms with Gasteiger partial charge in [-0.05, 0) is 37.8 Å². The first-order valence-corrected chi connectivity index (χ1v) is 9.81. The van der Waals surface area contributed by atoms with E-state index in [-0.39, 0.29) is 37.1 Å². The van der Waals surface area contributed by atoms with Gasteiger partial charge in [-0.2, -0.15) is 0 Å². The number of likely N-dealkylation sites (tertiary alicyclic amines) is 1. The topological polar surface area (TPSA) is 88.2 Å². The van der Waals surface area contributed by atoms with E-state index in [1.54, 1.807) is 4.90 Å². The molecule has 1 atom stereocenters. The molecule has 4 rings (SSSR count). The molecule has 4 amide bonds. The Labute approximate surface area is 163 Å². The van der Waals surface area contributed by atoms with Gasteiger partial charge in [-0.25, -0.2) is 4.79 Å². The van der Waals surface area contributed by atoms with Crippen LogP contribution in [0.2, 0.25) is 0 Å². The molecule has 0 bridgehead atoms. The predicted octanol–water partition coefficient (Wildman–Crippen LogP) is 1.16. The second-order valence-electron chi connectivity index (χ2n) is 7.46. The molecule has 1 aromatic rings. The van der Waals surface area contributed by atoms with Crippen molar-refractivity contribution in [2.75, 3.05) is 32.8 Å². The third-order valence-electron chi connectivity index (χ3n) is 5.71. The largest absolute Gasteiger partial charge is 0.492 e. The van der Waals surface area contributed by atoms with Crippen LogP contribution in [0.4, 0.5) is 4.79 Å². The second kappa shape index (κ2) is 7.79. The van der Waals surface area contributed by atoms with Crippen LogP contribution in [0.15, 0.2) is 30.3 Å². The molecule has 8 heteroatoms. The zero-order valence-electron chi connectivity index (χ0n) is 15.8. The molecule has 3 fully saturated rings. The summed E-state index contributed by atoms with van der Waals surface area (Å²) in [7, 11) is 0. The summed E-state index contributed by atoms with van der Waals surface area (Å²) in [5.41, 5.74) is -0.906. The van der Waals surface area contributed by atoms with Gasteiger partial charge >= 0.3 is 6.03 Å². The average Bonchev–Trinajstić information content (AvgIpc) is 3.33. The van der Waals surface area contributed by atoms with E-state index < -0.39 is 5.54 Å². The summed E-state index contributed by atoms with van der Waals surface area (Å²) in [6.45, 7) is 1.95. The first-order chi connectivity index (χ1) is 13.6. The summed E-state index contributed by atoms with van der Waals surface area (Å²) in [6, 6.07) is 8.89. The molecule has 3 aliphatic rings. The predicted molar refractivity (Wildman–Crippen MR) is 99.7 cm³/mol. The fourth-order valence-corrected chi connectivity index (χ4v) is 4.07. The highest BCUT2D eigenvalue weighted by atomic mass is 16.5. The van der Waals surface area contributed by atoms with Gasteiger partial charge in [0.25, 0.3) is 11.8 Å². The highest BCUT2D eigenvalue weighted by molar-refractivity contribution is 6.07. The van der Waals surface area contributed by atoms with Gasteiger partial charge in [0.1, 0.15) is 24.0 Å². The maximum atomic E-state index is 12.9. The fourth-order valence-electron chi connectivity index (χ4n) is 4.07. The maximum absolute atomic E-state index is 12.9. The molecule has 1 spiro atoms. The third-order valence-corrected chi connectivity index (χ3v) is 5.71. The number of carbonyl (C=O) groups is 3. The Morgan fingerprint density at radius 2 is 1.96 bits per heavy atom. The average molecular weight is 387 g/mol. The van der Waals surface area contributed by atoms with Gasteiger partial charge in [-0.1, -0.05) is 18.2 Å². The van der Waals surface area contributed by atoms with Crippen LogP contribution in [0.3, 0.4) is 0 Å². The number of amides is 4. The SMILES string of the molecule is O=C([C@H]1CCCO1)N1CCC2(CC1)NC(=O)N(CCOc1ccccc1)C2=O. The molecular weight excluding hydrogens is 362 g/mol. The lowest BCUT2D eigenvalue weighted by atomic mass is 9.87. The van der Waals surface area contributed by atoms with Crippen molar-refractivity contribution in [3.63, 3.8) is 0 Å². The van der Waals surface area contributed by atoms with Gasteiger partial charge in [0.05, 0.1) is 6.54 Å². The molecule has 0 unspecified atom stereocenters. The van der Waals surface area contributed by atoms with Crippen molar-refractivity contribution in [3.05, 3.63) is 30.3 Å². The van der Waals surface area contributed by atoms with Crippen LogP contribution in [-0.4, -0.2) is 72.1 Å². The molecule has 3 aliphatic heterocycles. The zero-order chi connectivity index (χ0) is 19.6. The van der Waals surface area contributed by atoms with Crippen LogP contribution in [-0.2, 0) is 14.3 Å². The number of piperidine rings is 1. The van der Waals surface area contributed by atoms with Gasteiger partial charge in [-0.15, -0.1) is 0 Å². The van der Waals surface area contributed by atoms with E-state index in [1.807, 2.05) is 30.3 Å². The van der Waals surface area contributed by atoms with Gasteiger partial charge < -0.3 is 19.7 Å². The van der Waals surface area contributed by atoms with E-state index in [0.717, 1.165) is 12.8 Å². The number of para-hydroxylation sites is 1. The summed E-state index contributed by atoms with van der Waals surface area (Å²) < 4.78 is 11.1. The van der Waals surface area contributed by atoms with E-state index >= 15 is 0 Å². The normalized spacial score (nSPS) is 23.9. The van der Waals surface area contributed by atoms with Gasteiger partial charge in [0.15, 0.2) is 0 Å². The number of hydrogen-bond acceptors (Lipinski definition) is 5. The Morgan fingerprint density at radius 1 is 1.21 bits per heavy atom. The zero-order valence-corrected chi connectivity index (χ0v) is 15.8. The molecule has 0 radical (unpaired) electrons. The number of carbonyl (C=O) groups excluding carboxylic acids is 3. The summed E-state index contributed by atoms with van der Waals surface area (Å²) in [5.74, 6) is 0.473. The van der Waals surface area contributed by atoms with Crippen molar-refractivity contribution >= 4 is 17.8 Å². The molecule has 28 heavy (non-hydrogen) atoms. The first-order valence-electron chi connectivity index (χ1n) is 9.81.